The second kappa shape index (κ2) is 8.26. The third kappa shape index (κ3) is 4.66. The molecule has 0 unspecified atom stereocenters. The minimum absolute atomic E-state index is 0.0612. The molecular weight excluding hydrogens is 376 g/mol. The van der Waals surface area contributed by atoms with Crippen LogP contribution in [0.1, 0.15) is 31.1 Å². The van der Waals surface area contributed by atoms with Crippen molar-refractivity contribution >= 4 is 33.7 Å². The van der Waals surface area contributed by atoms with Crippen LogP contribution in [-0.4, -0.2) is 36.0 Å². The number of hydrogen-bond acceptors (Lipinski definition) is 3. The van der Waals surface area contributed by atoms with Crippen LogP contribution < -0.4 is 10.6 Å². The summed E-state index contributed by atoms with van der Waals surface area (Å²) in [6, 6.07) is 12.8. The number of amides is 2. The van der Waals surface area contributed by atoms with E-state index in [2.05, 4.69) is 26.6 Å². The number of carbonyl (C=O) groups is 3. The van der Waals surface area contributed by atoms with Gasteiger partial charge in [0.25, 0.3) is 11.8 Å². The lowest BCUT2D eigenvalue weighted by molar-refractivity contribution is 0.0691. The molecule has 0 aliphatic carbocycles. The van der Waals surface area contributed by atoms with E-state index >= 15 is 0 Å². The normalized spacial score (nSPS) is 10.0. The van der Waals surface area contributed by atoms with E-state index in [0.29, 0.717) is 5.56 Å². The van der Waals surface area contributed by atoms with E-state index in [1.165, 1.54) is 12.1 Å². The van der Waals surface area contributed by atoms with Crippen LogP contribution in [-0.2, 0) is 0 Å². The molecule has 2 aromatic rings. The summed E-state index contributed by atoms with van der Waals surface area (Å²) < 4.78 is 0.878. The van der Waals surface area contributed by atoms with Gasteiger partial charge in [-0.25, -0.2) is 4.79 Å². The first kappa shape index (κ1) is 17.7. The zero-order valence-electron chi connectivity index (χ0n) is 12.6. The van der Waals surface area contributed by atoms with Crippen LogP contribution in [0.3, 0.4) is 0 Å². The topological polar surface area (TPSA) is 95.5 Å². The zero-order valence-corrected chi connectivity index (χ0v) is 14.2. The summed E-state index contributed by atoms with van der Waals surface area (Å²) in [6.07, 6.45) is 0. The monoisotopic (exact) mass is 390 g/mol. The summed E-state index contributed by atoms with van der Waals surface area (Å²) in [5, 5.41) is 14.3. The van der Waals surface area contributed by atoms with Gasteiger partial charge < -0.3 is 15.7 Å². The molecule has 0 radical (unpaired) electrons. The van der Waals surface area contributed by atoms with Crippen LogP contribution in [0.25, 0.3) is 0 Å². The number of hydrogen-bond donors (Lipinski definition) is 3. The van der Waals surface area contributed by atoms with E-state index in [1.54, 1.807) is 36.4 Å². The van der Waals surface area contributed by atoms with Crippen LogP contribution in [0, 0.1) is 0 Å². The van der Waals surface area contributed by atoms with Crippen LogP contribution >= 0.6 is 15.9 Å². The van der Waals surface area contributed by atoms with E-state index in [4.69, 9.17) is 5.11 Å². The number of carboxylic acids is 1. The van der Waals surface area contributed by atoms with Crippen molar-refractivity contribution in [1.82, 2.24) is 10.6 Å². The molecule has 0 aliphatic heterocycles. The fourth-order valence-electron chi connectivity index (χ4n) is 2.02. The average molecular weight is 391 g/mol. The number of carboxylic acid groups (broad SMARTS) is 1. The van der Waals surface area contributed by atoms with Crippen LogP contribution in [0.5, 0.6) is 0 Å². The van der Waals surface area contributed by atoms with Gasteiger partial charge in [0.05, 0.1) is 11.1 Å². The van der Waals surface area contributed by atoms with Crippen molar-refractivity contribution in [2.24, 2.45) is 0 Å². The molecule has 0 heterocycles. The highest BCUT2D eigenvalue weighted by Crippen LogP contribution is 2.10. The highest BCUT2D eigenvalue weighted by Gasteiger charge is 2.15. The number of carbonyl (C=O) groups excluding carboxylic acids is 2. The first-order valence-electron chi connectivity index (χ1n) is 7.13. The number of benzene rings is 2. The van der Waals surface area contributed by atoms with Crippen molar-refractivity contribution in [3.8, 4) is 0 Å². The predicted octanol–water partition coefficient (Wildman–Crippen LogP) is 2.31. The molecule has 0 saturated heterocycles. The summed E-state index contributed by atoms with van der Waals surface area (Å²) in [5.74, 6) is -1.90. The molecule has 0 atom stereocenters. The largest absolute Gasteiger partial charge is 0.478 e. The van der Waals surface area contributed by atoms with Gasteiger partial charge in [0.2, 0.25) is 0 Å². The Hall–Kier alpha value is -2.67. The standard InChI is InChI=1S/C17H15BrN2O4/c18-12-7-5-11(6-8-12)15(21)19-9-10-20-16(22)13-3-1-2-4-14(13)17(23)24/h1-8H,9-10H2,(H,19,21)(H,20,22)(H,23,24). The van der Waals surface area contributed by atoms with Crippen molar-refractivity contribution < 1.29 is 19.5 Å². The number of nitrogens with one attached hydrogen (secondary N) is 2. The Morgan fingerprint density at radius 2 is 1.38 bits per heavy atom. The molecule has 124 valence electrons. The smallest absolute Gasteiger partial charge is 0.336 e. The van der Waals surface area contributed by atoms with Crippen molar-refractivity contribution in [2.45, 2.75) is 0 Å². The molecule has 0 aromatic heterocycles. The van der Waals surface area contributed by atoms with Gasteiger partial charge in [-0.2, -0.15) is 0 Å². The fourth-order valence-corrected chi connectivity index (χ4v) is 2.28. The minimum Gasteiger partial charge on any atom is -0.478 e. The van der Waals surface area contributed by atoms with Crippen molar-refractivity contribution in [2.75, 3.05) is 13.1 Å². The lowest BCUT2D eigenvalue weighted by atomic mass is 10.1. The Balaban J connectivity index is 1.84. The second-order valence-electron chi connectivity index (χ2n) is 4.87. The number of aromatic carboxylic acids is 1. The Morgan fingerprint density at radius 1 is 0.833 bits per heavy atom. The maximum atomic E-state index is 12.0. The Kier molecular flexibility index (Phi) is 6.08. The summed E-state index contributed by atoms with van der Waals surface area (Å²) in [4.78, 5) is 35.0. The lowest BCUT2D eigenvalue weighted by Crippen LogP contribution is -2.35. The fraction of sp³-hybridized carbons (Fsp3) is 0.118. The Labute approximate surface area is 147 Å². The highest BCUT2D eigenvalue weighted by atomic mass is 79.9. The minimum atomic E-state index is -1.16. The van der Waals surface area contributed by atoms with E-state index in [1.807, 2.05) is 0 Å². The molecule has 2 aromatic carbocycles. The third-order valence-electron chi connectivity index (χ3n) is 3.20. The van der Waals surface area contributed by atoms with Crippen molar-refractivity contribution in [3.63, 3.8) is 0 Å². The van der Waals surface area contributed by atoms with Gasteiger partial charge in [0.15, 0.2) is 0 Å². The second-order valence-corrected chi connectivity index (χ2v) is 5.79. The molecule has 7 heteroatoms. The zero-order chi connectivity index (χ0) is 17.5. The quantitative estimate of drug-likeness (QED) is 0.659. The van der Waals surface area contributed by atoms with Crippen LogP contribution in [0.4, 0.5) is 0 Å². The maximum Gasteiger partial charge on any atom is 0.336 e. The molecule has 0 spiro atoms. The Morgan fingerprint density at radius 3 is 1.96 bits per heavy atom. The molecule has 0 fully saturated rings. The van der Waals surface area contributed by atoms with Gasteiger partial charge in [-0.1, -0.05) is 28.1 Å². The molecule has 0 aliphatic rings. The van der Waals surface area contributed by atoms with E-state index in [0.717, 1.165) is 4.47 Å². The summed E-state index contributed by atoms with van der Waals surface area (Å²) in [5.41, 5.74) is 0.541. The molecule has 24 heavy (non-hydrogen) atoms. The van der Waals surface area contributed by atoms with E-state index in [9.17, 15) is 14.4 Å². The molecule has 2 amide bonds. The van der Waals surface area contributed by atoms with Crippen molar-refractivity contribution in [1.29, 1.82) is 0 Å². The molecule has 3 N–H and O–H groups in total. The van der Waals surface area contributed by atoms with Gasteiger partial charge in [-0.3, -0.25) is 9.59 Å². The van der Waals surface area contributed by atoms with Gasteiger partial charge in [-0.15, -0.1) is 0 Å². The van der Waals surface area contributed by atoms with Gasteiger partial charge in [-0.05, 0) is 36.4 Å². The molecule has 2 rings (SSSR count). The summed E-state index contributed by atoms with van der Waals surface area (Å²) >= 11 is 3.29. The SMILES string of the molecule is O=C(NCCNC(=O)c1ccccc1C(=O)O)c1ccc(Br)cc1. The maximum absolute atomic E-state index is 12.0. The van der Waals surface area contributed by atoms with Gasteiger partial charge in [0.1, 0.15) is 0 Å². The number of halogens is 1. The number of rotatable bonds is 6. The summed E-state index contributed by atoms with van der Waals surface area (Å²) in [6.45, 7) is 0.422. The van der Waals surface area contributed by atoms with E-state index < -0.39 is 11.9 Å². The van der Waals surface area contributed by atoms with Gasteiger partial charge in [0, 0.05) is 23.1 Å². The highest BCUT2D eigenvalue weighted by molar-refractivity contribution is 9.10. The van der Waals surface area contributed by atoms with E-state index in [-0.39, 0.29) is 30.1 Å². The Bertz CT molecular complexity index is 759. The van der Waals surface area contributed by atoms with Crippen LogP contribution in [0.15, 0.2) is 53.0 Å². The van der Waals surface area contributed by atoms with Gasteiger partial charge >= 0.3 is 5.97 Å². The van der Waals surface area contributed by atoms with Crippen LogP contribution in [0.2, 0.25) is 0 Å². The molecule has 0 saturated carbocycles. The summed E-state index contributed by atoms with van der Waals surface area (Å²) in [7, 11) is 0. The molecule has 0 bridgehead atoms. The average Bonchev–Trinajstić information content (AvgIpc) is 2.58. The van der Waals surface area contributed by atoms with Crippen molar-refractivity contribution in [3.05, 3.63) is 69.7 Å². The predicted molar refractivity (Wildman–Crippen MR) is 92.2 cm³/mol. The third-order valence-corrected chi connectivity index (χ3v) is 3.73. The first-order valence-corrected chi connectivity index (χ1v) is 7.92. The molecular formula is C17H15BrN2O4. The molecule has 6 nitrogen and oxygen atoms in total. The first-order chi connectivity index (χ1) is 11.5. The lowest BCUT2D eigenvalue weighted by Gasteiger charge is -2.09.